The number of aryl methyl sites for hydroxylation is 1. The molecule has 5 nitrogen and oxygen atoms in total. The third-order valence-electron chi connectivity index (χ3n) is 4.27. The molecule has 150 valence electrons. The molecule has 0 bridgehead atoms. The third-order valence-corrected chi connectivity index (χ3v) is 4.27. The van der Waals surface area contributed by atoms with E-state index in [1.165, 1.54) is 12.1 Å². The van der Waals surface area contributed by atoms with Crippen molar-refractivity contribution < 1.29 is 22.8 Å². The lowest BCUT2D eigenvalue weighted by atomic mass is 10.1. The highest BCUT2D eigenvalue weighted by Gasteiger charge is 2.34. The quantitative estimate of drug-likeness (QED) is 0.739. The Kier molecular flexibility index (Phi) is 6.66. The minimum Gasteiger partial charge on any atom is -0.372 e. The Hall–Kier alpha value is -3.03. The fourth-order valence-corrected chi connectivity index (χ4v) is 2.77. The molecule has 2 amide bonds. The number of amides is 2. The van der Waals surface area contributed by atoms with Crippen LogP contribution >= 0.6 is 0 Å². The molecule has 0 atom stereocenters. The molecular weight excluding hydrogens is 371 g/mol. The molecule has 2 N–H and O–H groups in total. The fourth-order valence-electron chi connectivity index (χ4n) is 2.77. The summed E-state index contributed by atoms with van der Waals surface area (Å²) in [5.74, 6) is -2.22. The first-order valence-electron chi connectivity index (χ1n) is 8.81. The molecule has 28 heavy (non-hydrogen) atoms. The van der Waals surface area contributed by atoms with Crippen LogP contribution in [0.2, 0.25) is 0 Å². The topological polar surface area (TPSA) is 61.4 Å². The molecule has 8 heteroatoms. The standard InChI is InChI=1S/C20H22F3N3O2/c1-4-26(5-2)14-10-11-16(13(3)12-14)24-18(27)19(28)25-17-9-7-6-8-15(17)20(21,22)23/h6-12H,4-5H2,1-3H3,(H,24,27)(H,25,28). The van der Waals surface area contributed by atoms with Gasteiger partial charge in [0.1, 0.15) is 0 Å². The van der Waals surface area contributed by atoms with Gasteiger partial charge in [-0.15, -0.1) is 0 Å². The van der Waals surface area contributed by atoms with E-state index in [9.17, 15) is 22.8 Å². The van der Waals surface area contributed by atoms with Gasteiger partial charge in [-0.25, -0.2) is 0 Å². The van der Waals surface area contributed by atoms with E-state index in [2.05, 4.69) is 10.2 Å². The normalized spacial score (nSPS) is 11.1. The van der Waals surface area contributed by atoms with Crippen molar-refractivity contribution in [3.8, 4) is 0 Å². The van der Waals surface area contributed by atoms with E-state index in [1.807, 2.05) is 31.3 Å². The van der Waals surface area contributed by atoms with Gasteiger partial charge in [0.2, 0.25) is 0 Å². The minimum atomic E-state index is -4.64. The van der Waals surface area contributed by atoms with Crippen LogP contribution in [-0.2, 0) is 15.8 Å². The Morgan fingerprint density at radius 3 is 2.04 bits per heavy atom. The number of benzene rings is 2. The number of carbonyl (C=O) groups is 2. The number of anilines is 3. The molecule has 0 heterocycles. The van der Waals surface area contributed by atoms with Gasteiger partial charge in [-0.05, 0) is 56.7 Å². The summed E-state index contributed by atoms with van der Waals surface area (Å²) in [7, 11) is 0. The monoisotopic (exact) mass is 393 g/mol. The summed E-state index contributed by atoms with van der Waals surface area (Å²) in [6.45, 7) is 7.47. The van der Waals surface area contributed by atoms with Crippen LogP contribution in [0.15, 0.2) is 42.5 Å². The van der Waals surface area contributed by atoms with Crippen molar-refractivity contribution in [1.29, 1.82) is 0 Å². The van der Waals surface area contributed by atoms with Crippen molar-refractivity contribution in [2.24, 2.45) is 0 Å². The maximum atomic E-state index is 13.0. The lowest BCUT2D eigenvalue weighted by Crippen LogP contribution is -2.30. The maximum absolute atomic E-state index is 13.0. The van der Waals surface area contributed by atoms with E-state index in [4.69, 9.17) is 0 Å². The number of alkyl halides is 3. The Morgan fingerprint density at radius 2 is 1.50 bits per heavy atom. The molecule has 0 aliphatic rings. The van der Waals surface area contributed by atoms with Gasteiger partial charge < -0.3 is 15.5 Å². The predicted molar refractivity (Wildman–Crippen MR) is 103 cm³/mol. The van der Waals surface area contributed by atoms with Crippen molar-refractivity contribution in [3.63, 3.8) is 0 Å². The number of rotatable bonds is 5. The van der Waals surface area contributed by atoms with Crippen LogP contribution in [0, 0.1) is 6.92 Å². The average Bonchev–Trinajstić information content (AvgIpc) is 2.64. The molecule has 0 aliphatic heterocycles. The zero-order valence-electron chi connectivity index (χ0n) is 15.9. The number of halogens is 3. The summed E-state index contributed by atoms with van der Waals surface area (Å²) in [4.78, 5) is 26.3. The number of carbonyl (C=O) groups excluding carboxylic acids is 2. The van der Waals surface area contributed by atoms with Crippen LogP contribution in [0.25, 0.3) is 0 Å². The van der Waals surface area contributed by atoms with Gasteiger partial charge in [0.15, 0.2) is 0 Å². The van der Waals surface area contributed by atoms with Crippen LogP contribution < -0.4 is 15.5 Å². The number of nitrogens with zero attached hydrogens (tertiary/aromatic N) is 1. The minimum absolute atomic E-state index is 0.417. The molecule has 0 saturated carbocycles. The summed E-state index contributed by atoms with van der Waals surface area (Å²) in [5, 5.41) is 4.47. The van der Waals surface area contributed by atoms with Gasteiger partial charge in [-0.3, -0.25) is 9.59 Å². The second-order valence-corrected chi connectivity index (χ2v) is 6.12. The molecule has 2 aromatic carbocycles. The molecule has 0 saturated heterocycles. The molecule has 0 aromatic heterocycles. The van der Waals surface area contributed by atoms with Crippen LogP contribution in [0.4, 0.5) is 30.2 Å². The van der Waals surface area contributed by atoms with Crippen LogP contribution in [0.3, 0.4) is 0 Å². The zero-order chi connectivity index (χ0) is 20.9. The smallest absolute Gasteiger partial charge is 0.372 e. The molecule has 0 fully saturated rings. The SMILES string of the molecule is CCN(CC)c1ccc(NC(=O)C(=O)Nc2ccccc2C(F)(F)F)c(C)c1. The highest BCUT2D eigenvalue weighted by molar-refractivity contribution is 6.43. The molecule has 0 unspecified atom stereocenters. The van der Waals surface area contributed by atoms with Crippen LogP contribution in [0.5, 0.6) is 0 Å². The summed E-state index contributed by atoms with van der Waals surface area (Å²) < 4.78 is 39.0. The van der Waals surface area contributed by atoms with Crippen molar-refractivity contribution in [3.05, 3.63) is 53.6 Å². The van der Waals surface area contributed by atoms with Crippen molar-refractivity contribution >= 4 is 28.9 Å². The van der Waals surface area contributed by atoms with E-state index in [0.717, 1.165) is 36.5 Å². The first-order valence-corrected chi connectivity index (χ1v) is 8.81. The van der Waals surface area contributed by atoms with Crippen LogP contribution in [-0.4, -0.2) is 24.9 Å². The Bertz CT molecular complexity index is 862. The summed E-state index contributed by atoms with van der Waals surface area (Å²) in [6.07, 6.45) is -4.64. The maximum Gasteiger partial charge on any atom is 0.418 e. The van der Waals surface area contributed by atoms with E-state index in [0.29, 0.717) is 5.69 Å². The summed E-state index contributed by atoms with van der Waals surface area (Å²) in [5.41, 5.74) is 0.644. The molecule has 2 aromatic rings. The number of nitrogens with one attached hydrogen (secondary N) is 2. The molecule has 0 spiro atoms. The molecule has 0 aliphatic carbocycles. The van der Waals surface area contributed by atoms with Crippen molar-refractivity contribution in [1.82, 2.24) is 0 Å². The van der Waals surface area contributed by atoms with E-state index in [1.54, 1.807) is 13.0 Å². The second kappa shape index (κ2) is 8.77. The van der Waals surface area contributed by atoms with Crippen molar-refractivity contribution in [2.75, 3.05) is 28.6 Å². The summed E-state index contributed by atoms with van der Waals surface area (Å²) >= 11 is 0. The Morgan fingerprint density at radius 1 is 0.929 bits per heavy atom. The van der Waals surface area contributed by atoms with Crippen molar-refractivity contribution in [2.45, 2.75) is 26.9 Å². The van der Waals surface area contributed by atoms with E-state index in [-0.39, 0.29) is 0 Å². The van der Waals surface area contributed by atoms with Gasteiger partial charge >= 0.3 is 18.0 Å². The van der Waals surface area contributed by atoms with Gasteiger partial charge in [-0.1, -0.05) is 12.1 Å². The highest BCUT2D eigenvalue weighted by Crippen LogP contribution is 2.34. The first-order chi connectivity index (χ1) is 13.2. The van der Waals surface area contributed by atoms with E-state index < -0.39 is 29.2 Å². The largest absolute Gasteiger partial charge is 0.418 e. The lowest BCUT2D eigenvalue weighted by molar-refractivity contribution is -0.137. The third kappa shape index (κ3) is 5.03. The van der Waals surface area contributed by atoms with Gasteiger partial charge in [0.05, 0.1) is 11.3 Å². The fraction of sp³-hybridized carbons (Fsp3) is 0.300. The number of hydrogen-bond donors (Lipinski definition) is 2. The lowest BCUT2D eigenvalue weighted by Gasteiger charge is -2.22. The number of hydrogen-bond acceptors (Lipinski definition) is 3. The Labute approximate surface area is 161 Å². The number of para-hydroxylation sites is 1. The second-order valence-electron chi connectivity index (χ2n) is 6.12. The van der Waals surface area contributed by atoms with Crippen LogP contribution in [0.1, 0.15) is 25.0 Å². The Balaban J connectivity index is 2.13. The highest BCUT2D eigenvalue weighted by atomic mass is 19.4. The van der Waals surface area contributed by atoms with E-state index >= 15 is 0 Å². The van der Waals surface area contributed by atoms with Gasteiger partial charge in [0, 0.05) is 24.5 Å². The molecule has 2 rings (SSSR count). The molecule has 0 radical (unpaired) electrons. The van der Waals surface area contributed by atoms with Gasteiger partial charge in [0.25, 0.3) is 0 Å². The molecular formula is C20H22F3N3O2. The van der Waals surface area contributed by atoms with Gasteiger partial charge in [-0.2, -0.15) is 13.2 Å². The average molecular weight is 393 g/mol. The first kappa shape index (κ1) is 21.3. The zero-order valence-corrected chi connectivity index (χ0v) is 15.9. The summed E-state index contributed by atoms with van der Waals surface area (Å²) in [6, 6.07) is 9.84. The predicted octanol–water partition coefficient (Wildman–Crippen LogP) is 4.44.